The zero-order valence-electron chi connectivity index (χ0n) is 16.1. The molecule has 0 amide bonds. The number of hydrogen-bond acceptors (Lipinski definition) is 11. The number of ether oxygens (including phenoxy) is 4. The average molecular weight is 420 g/mol. The van der Waals surface area contributed by atoms with Crippen molar-refractivity contribution in [3.05, 3.63) is 23.7 Å². The average Bonchev–Trinajstić information content (AvgIpc) is 3.16. The maximum atomic E-state index is 9.94. The van der Waals surface area contributed by atoms with Crippen LogP contribution >= 0.6 is 0 Å². The molecule has 0 bridgehead atoms. The number of hydrogen-bond donors (Lipinski definition) is 6. The molecule has 10 unspecified atom stereocenters. The van der Waals surface area contributed by atoms with E-state index in [4.69, 9.17) is 23.4 Å². The Morgan fingerprint density at radius 3 is 1.41 bits per heavy atom. The van der Waals surface area contributed by atoms with Gasteiger partial charge in [-0.3, -0.25) is 0 Å². The van der Waals surface area contributed by atoms with Crippen LogP contribution in [-0.4, -0.2) is 92.1 Å². The van der Waals surface area contributed by atoms with Crippen LogP contribution in [0.2, 0.25) is 0 Å². The van der Waals surface area contributed by atoms with Gasteiger partial charge in [-0.1, -0.05) is 0 Å². The number of aliphatic hydroxyl groups excluding tert-OH is 6. The van der Waals surface area contributed by atoms with Crippen molar-refractivity contribution in [2.24, 2.45) is 0 Å². The highest BCUT2D eigenvalue weighted by atomic mass is 16.7. The molecular formula is C18H28O11. The van der Waals surface area contributed by atoms with E-state index in [0.29, 0.717) is 11.5 Å². The molecule has 2 aliphatic rings. The molecule has 10 atom stereocenters. The van der Waals surface area contributed by atoms with Crippen molar-refractivity contribution in [2.75, 3.05) is 0 Å². The minimum absolute atomic E-state index is 0.0677. The van der Waals surface area contributed by atoms with E-state index in [-0.39, 0.29) is 13.2 Å². The Hall–Kier alpha value is -1.12. The zero-order chi connectivity index (χ0) is 21.3. The Morgan fingerprint density at radius 2 is 1.03 bits per heavy atom. The van der Waals surface area contributed by atoms with Crippen LogP contribution in [0.15, 0.2) is 16.5 Å². The molecule has 3 rings (SSSR count). The molecular weight excluding hydrogens is 392 g/mol. The van der Waals surface area contributed by atoms with Crippen LogP contribution in [0.3, 0.4) is 0 Å². The number of aliphatic hydroxyl groups is 6. The van der Waals surface area contributed by atoms with Crippen LogP contribution in [-0.2, 0) is 32.2 Å². The van der Waals surface area contributed by atoms with Gasteiger partial charge in [-0.2, -0.15) is 0 Å². The summed E-state index contributed by atoms with van der Waals surface area (Å²) in [5.41, 5.74) is 0. The summed E-state index contributed by atoms with van der Waals surface area (Å²) in [4.78, 5) is 0. The lowest BCUT2D eigenvalue weighted by Gasteiger charge is -2.38. The van der Waals surface area contributed by atoms with E-state index in [0.717, 1.165) is 0 Å². The van der Waals surface area contributed by atoms with Crippen molar-refractivity contribution in [3.63, 3.8) is 0 Å². The highest BCUT2D eigenvalue weighted by Crippen LogP contribution is 2.25. The molecule has 3 heterocycles. The van der Waals surface area contributed by atoms with Crippen LogP contribution in [0, 0.1) is 0 Å². The first-order valence-electron chi connectivity index (χ1n) is 9.39. The quantitative estimate of drug-likeness (QED) is 0.300. The molecule has 2 fully saturated rings. The third-order valence-electron chi connectivity index (χ3n) is 5.11. The molecule has 166 valence electrons. The summed E-state index contributed by atoms with van der Waals surface area (Å²) >= 11 is 0. The van der Waals surface area contributed by atoms with Gasteiger partial charge in [-0.25, -0.2) is 0 Å². The smallest absolute Gasteiger partial charge is 0.187 e. The van der Waals surface area contributed by atoms with Crippen LogP contribution in [0.4, 0.5) is 0 Å². The number of furan rings is 1. The normalized spacial score (nSPS) is 43.4. The summed E-state index contributed by atoms with van der Waals surface area (Å²) in [7, 11) is 0. The second kappa shape index (κ2) is 9.35. The van der Waals surface area contributed by atoms with Gasteiger partial charge in [0.05, 0.1) is 12.2 Å². The van der Waals surface area contributed by atoms with E-state index in [1.807, 2.05) is 0 Å². The lowest BCUT2D eigenvalue weighted by Crippen LogP contribution is -2.57. The van der Waals surface area contributed by atoms with Crippen molar-refractivity contribution < 1.29 is 54.0 Å². The van der Waals surface area contributed by atoms with Gasteiger partial charge in [0.25, 0.3) is 0 Å². The van der Waals surface area contributed by atoms with Crippen molar-refractivity contribution in [1.29, 1.82) is 0 Å². The highest BCUT2D eigenvalue weighted by molar-refractivity contribution is 5.06. The van der Waals surface area contributed by atoms with Gasteiger partial charge < -0.3 is 54.0 Å². The Labute approximate surface area is 167 Å². The van der Waals surface area contributed by atoms with Gasteiger partial charge in [-0.05, 0) is 26.0 Å². The minimum atomic E-state index is -1.41. The summed E-state index contributed by atoms with van der Waals surface area (Å²) in [6, 6.07) is 3.23. The predicted octanol–water partition coefficient (Wildman–Crippen LogP) is -2.03. The van der Waals surface area contributed by atoms with Crippen LogP contribution < -0.4 is 0 Å². The third-order valence-corrected chi connectivity index (χ3v) is 5.11. The topological polar surface area (TPSA) is 171 Å². The van der Waals surface area contributed by atoms with Crippen molar-refractivity contribution in [2.45, 2.75) is 88.5 Å². The lowest BCUT2D eigenvalue weighted by molar-refractivity contribution is -0.298. The summed E-state index contributed by atoms with van der Waals surface area (Å²) in [5.74, 6) is 0.781. The van der Waals surface area contributed by atoms with Gasteiger partial charge in [0.2, 0.25) is 0 Å². The van der Waals surface area contributed by atoms with Gasteiger partial charge in [-0.15, -0.1) is 0 Å². The van der Waals surface area contributed by atoms with Gasteiger partial charge in [0.15, 0.2) is 12.6 Å². The molecule has 2 aliphatic heterocycles. The largest absolute Gasteiger partial charge is 0.461 e. The third kappa shape index (κ3) is 4.97. The molecule has 1 aromatic heterocycles. The number of rotatable bonds is 6. The van der Waals surface area contributed by atoms with E-state index in [1.54, 1.807) is 26.0 Å². The molecule has 0 radical (unpaired) electrons. The van der Waals surface area contributed by atoms with Gasteiger partial charge in [0, 0.05) is 0 Å². The molecule has 11 heteroatoms. The van der Waals surface area contributed by atoms with E-state index in [2.05, 4.69) is 0 Å². The standard InChI is InChI=1S/C18H28O11/c1-7-11(19)13(21)15(23)17(27-7)25-5-9-3-4-10(29-9)6-26-18-16(24)14(22)12(20)8(2)28-18/h3-4,7-8,11-24H,5-6H2,1-2H3. The summed E-state index contributed by atoms with van der Waals surface area (Å²) < 4.78 is 27.1. The molecule has 0 aliphatic carbocycles. The van der Waals surface area contributed by atoms with Crippen LogP contribution in [0.1, 0.15) is 25.4 Å². The van der Waals surface area contributed by atoms with E-state index in [1.165, 1.54) is 0 Å². The molecule has 0 saturated carbocycles. The first-order valence-corrected chi connectivity index (χ1v) is 9.39. The molecule has 0 aromatic carbocycles. The Kier molecular flexibility index (Phi) is 7.27. The van der Waals surface area contributed by atoms with Crippen molar-refractivity contribution >= 4 is 0 Å². The summed E-state index contributed by atoms with van der Waals surface area (Å²) in [6.07, 6.45) is -11.7. The summed E-state index contributed by atoms with van der Waals surface area (Å²) in [6.45, 7) is 2.97. The molecule has 6 N–H and O–H groups in total. The van der Waals surface area contributed by atoms with Crippen LogP contribution in [0.25, 0.3) is 0 Å². The first-order chi connectivity index (χ1) is 13.7. The van der Waals surface area contributed by atoms with E-state index in [9.17, 15) is 30.6 Å². The minimum Gasteiger partial charge on any atom is -0.461 e. The second-order valence-electron chi connectivity index (χ2n) is 7.35. The molecule has 0 spiro atoms. The monoisotopic (exact) mass is 420 g/mol. The SMILES string of the molecule is CC1OC(OCc2ccc(COC3OC(C)C(O)C(O)C3O)o2)C(O)C(O)C1O. The second-order valence-corrected chi connectivity index (χ2v) is 7.35. The summed E-state index contributed by atoms with van der Waals surface area (Å²) in [5, 5.41) is 58.8. The van der Waals surface area contributed by atoms with E-state index < -0.39 is 61.4 Å². The van der Waals surface area contributed by atoms with Crippen molar-refractivity contribution in [1.82, 2.24) is 0 Å². The molecule has 2 saturated heterocycles. The Balaban J connectivity index is 1.49. The van der Waals surface area contributed by atoms with Crippen molar-refractivity contribution in [3.8, 4) is 0 Å². The van der Waals surface area contributed by atoms with Gasteiger partial charge in [0.1, 0.15) is 61.4 Å². The fourth-order valence-corrected chi connectivity index (χ4v) is 3.21. The Bertz CT molecular complexity index is 599. The first kappa shape index (κ1) is 22.6. The molecule has 29 heavy (non-hydrogen) atoms. The zero-order valence-corrected chi connectivity index (χ0v) is 16.1. The lowest BCUT2D eigenvalue weighted by atomic mass is 10.0. The predicted molar refractivity (Wildman–Crippen MR) is 93.0 cm³/mol. The maximum absolute atomic E-state index is 9.94. The van der Waals surface area contributed by atoms with Crippen LogP contribution in [0.5, 0.6) is 0 Å². The van der Waals surface area contributed by atoms with E-state index >= 15 is 0 Å². The molecule has 11 nitrogen and oxygen atoms in total. The Morgan fingerprint density at radius 1 is 0.655 bits per heavy atom. The highest BCUT2D eigenvalue weighted by Gasteiger charge is 2.43. The maximum Gasteiger partial charge on any atom is 0.187 e. The fourth-order valence-electron chi connectivity index (χ4n) is 3.21. The fraction of sp³-hybridized carbons (Fsp3) is 0.778. The molecule has 1 aromatic rings. The van der Waals surface area contributed by atoms with Gasteiger partial charge >= 0.3 is 0 Å².